The van der Waals surface area contributed by atoms with E-state index in [-0.39, 0.29) is 10.5 Å². The van der Waals surface area contributed by atoms with Crippen molar-refractivity contribution in [2.75, 3.05) is 45.7 Å². The highest BCUT2D eigenvalue weighted by atomic mass is 32.2. The fourth-order valence-electron chi connectivity index (χ4n) is 3.47. The van der Waals surface area contributed by atoms with Crippen LogP contribution in [0, 0.1) is 0 Å². The number of likely N-dealkylation sites (N-methyl/N-ethyl adjacent to an activating group) is 1. The quantitative estimate of drug-likeness (QED) is 0.584. The zero-order valence-electron chi connectivity index (χ0n) is 17.7. The number of anilines is 1. The SMILES string of the molecule is COc1ccc2oc(=O)c(C(=O)Nc3ccc(S(=O)(=O)N4CCN(C)CC4)cc3)cc2c1. The van der Waals surface area contributed by atoms with Crippen LogP contribution in [-0.4, -0.2) is 63.9 Å². The van der Waals surface area contributed by atoms with E-state index >= 15 is 0 Å². The van der Waals surface area contributed by atoms with Gasteiger partial charge in [-0.2, -0.15) is 4.31 Å². The molecule has 1 saturated heterocycles. The number of amides is 1. The van der Waals surface area contributed by atoms with E-state index in [1.807, 2.05) is 7.05 Å². The predicted octanol–water partition coefficient (Wildman–Crippen LogP) is 1.99. The average molecular weight is 458 g/mol. The molecule has 0 radical (unpaired) electrons. The maximum absolute atomic E-state index is 12.8. The van der Waals surface area contributed by atoms with Gasteiger partial charge in [0.2, 0.25) is 10.0 Å². The predicted molar refractivity (Wildman–Crippen MR) is 120 cm³/mol. The summed E-state index contributed by atoms with van der Waals surface area (Å²) in [5.74, 6) is -0.0898. The Bertz CT molecular complexity index is 1310. The summed E-state index contributed by atoms with van der Waals surface area (Å²) in [6, 6.07) is 12.2. The summed E-state index contributed by atoms with van der Waals surface area (Å²) in [6.45, 7) is 2.21. The Morgan fingerprint density at radius 3 is 2.38 bits per heavy atom. The van der Waals surface area contributed by atoms with Gasteiger partial charge >= 0.3 is 5.63 Å². The third kappa shape index (κ3) is 4.38. The first-order chi connectivity index (χ1) is 15.3. The van der Waals surface area contributed by atoms with Gasteiger partial charge < -0.3 is 19.4 Å². The molecule has 0 spiro atoms. The number of carbonyl (C=O) groups excluding carboxylic acids is 1. The number of hydrogen-bond donors (Lipinski definition) is 1. The van der Waals surface area contributed by atoms with E-state index in [4.69, 9.17) is 9.15 Å². The Balaban J connectivity index is 1.53. The molecule has 1 aliphatic rings. The molecule has 4 rings (SSSR count). The molecule has 0 aliphatic carbocycles. The number of hydrogen-bond acceptors (Lipinski definition) is 7. The number of carbonyl (C=O) groups is 1. The van der Waals surface area contributed by atoms with Gasteiger partial charge in [0.1, 0.15) is 16.9 Å². The first kappa shape index (κ1) is 22.0. The maximum Gasteiger partial charge on any atom is 0.349 e. The highest BCUT2D eigenvalue weighted by Gasteiger charge is 2.27. The molecule has 2 aromatic carbocycles. The topological polar surface area (TPSA) is 109 Å². The van der Waals surface area contributed by atoms with Crippen molar-refractivity contribution in [3.63, 3.8) is 0 Å². The Hall–Kier alpha value is -3.21. The second kappa shape index (κ2) is 8.73. The fraction of sp³-hybridized carbons (Fsp3) is 0.273. The van der Waals surface area contributed by atoms with E-state index in [1.165, 1.54) is 41.7 Å². The first-order valence-corrected chi connectivity index (χ1v) is 11.4. The van der Waals surface area contributed by atoms with Crippen molar-refractivity contribution >= 4 is 32.6 Å². The highest BCUT2D eigenvalue weighted by molar-refractivity contribution is 7.89. The van der Waals surface area contributed by atoms with E-state index in [0.29, 0.717) is 48.6 Å². The molecule has 2 heterocycles. The number of nitrogens with zero attached hydrogens (tertiary/aromatic N) is 2. The molecule has 0 bridgehead atoms. The van der Waals surface area contributed by atoms with Gasteiger partial charge in [-0.1, -0.05) is 0 Å². The Kier molecular flexibility index (Phi) is 6.00. The summed E-state index contributed by atoms with van der Waals surface area (Å²) in [5.41, 5.74) is -0.238. The summed E-state index contributed by atoms with van der Waals surface area (Å²) in [7, 11) is -0.136. The molecular weight excluding hydrogens is 434 g/mol. The highest BCUT2D eigenvalue weighted by Crippen LogP contribution is 2.22. The van der Waals surface area contributed by atoms with Gasteiger partial charge in [-0.3, -0.25) is 4.79 Å². The third-order valence-corrected chi connectivity index (χ3v) is 7.31. The van der Waals surface area contributed by atoms with Crippen LogP contribution in [-0.2, 0) is 10.0 Å². The van der Waals surface area contributed by atoms with Crippen molar-refractivity contribution in [1.82, 2.24) is 9.21 Å². The molecule has 3 aromatic rings. The lowest BCUT2D eigenvalue weighted by Crippen LogP contribution is -2.46. The van der Waals surface area contributed by atoms with Crippen LogP contribution in [0.2, 0.25) is 0 Å². The molecule has 10 heteroatoms. The Morgan fingerprint density at radius 2 is 1.72 bits per heavy atom. The van der Waals surface area contributed by atoms with Crippen molar-refractivity contribution < 1.29 is 22.4 Å². The van der Waals surface area contributed by atoms with E-state index < -0.39 is 21.6 Å². The van der Waals surface area contributed by atoms with Gasteiger partial charge in [-0.15, -0.1) is 0 Å². The number of nitrogens with one attached hydrogen (secondary N) is 1. The molecule has 32 heavy (non-hydrogen) atoms. The molecular formula is C22H23N3O6S. The molecule has 1 amide bonds. The number of sulfonamides is 1. The smallest absolute Gasteiger partial charge is 0.349 e. The van der Waals surface area contributed by atoms with Gasteiger partial charge in [-0.25, -0.2) is 13.2 Å². The monoisotopic (exact) mass is 457 g/mol. The van der Waals surface area contributed by atoms with Crippen molar-refractivity contribution in [3.05, 3.63) is 64.5 Å². The molecule has 1 fully saturated rings. The van der Waals surface area contributed by atoms with E-state index in [9.17, 15) is 18.0 Å². The molecule has 1 aromatic heterocycles. The summed E-state index contributed by atoms with van der Waals surface area (Å²) in [4.78, 5) is 27.1. The van der Waals surface area contributed by atoms with Crippen LogP contribution in [0.4, 0.5) is 5.69 Å². The van der Waals surface area contributed by atoms with Crippen LogP contribution < -0.4 is 15.7 Å². The third-order valence-electron chi connectivity index (χ3n) is 5.40. The lowest BCUT2D eigenvalue weighted by molar-refractivity contribution is 0.102. The standard InChI is InChI=1S/C22H23N3O6S/c1-24-9-11-25(12-10-24)32(28,29)18-6-3-16(4-7-18)23-21(26)19-14-15-13-17(30-2)5-8-20(15)31-22(19)27/h3-8,13-14H,9-12H2,1-2H3,(H,23,26). The average Bonchev–Trinajstić information content (AvgIpc) is 2.79. The fourth-order valence-corrected chi connectivity index (χ4v) is 4.90. The van der Waals surface area contributed by atoms with Crippen LogP contribution in [0.5, 0.6) is 5.75 Å². The minimum atomic E-state index is -3.60. The number of piperazine rings is 1. The van der Waals surface area contributed by atoms with Crippen molar-refractivity contribution in [3.8, 4) is 5.75 Å². The van der Waals surface area contributed by atoms with Gasteiger partial charge in [-0.05, 0) is 55.6 Å². The minimum absolute atomic E-state index is 0.150. The van der Waals surface area contributed by atoms with Gasteiger partial charge in [0, 0.05) is 37.3 Å². The van der Waals surface area contributed by atoms with Crippen molar-refractivity contribution in [2.24, 2.45) is 0 Å². The Labute approximate surface area is 185 Å². The van der Waals surface area contributed by atoms with Crippen LogP contribution >= 0.6 is 0 Å². The number of benzene rings is 2. The number of fused-ring (bicyclic) bond motifs is 1. The van der Waals surface area contributed by atoms with Crippen LogP contribution in [0.3, 0.4) is 0 Å². The largest absolute Gasteiger partial charge is 0.497 e. The maximum atomic E-state index is 12.8. The number of ether oxygens (including phenoxy) is 1. The zero-order valence-corrected chi connectivity index (χ0v) is 18.5. The molecule has 1 aliphatic heterocycles. The second-order valence-corrected chi connectivity index (χ2v) is 9.48. The molecule has 0 atom stereocenters. The van der Waals surface area contributed by atoms with Gasteiger partial charge in [0.25, 0.3) is 5.91 Å². The Morgan fingerprint density at radius 1 is 1.03 bits per heavy atom. The van der Waals surface area contributed by atoms with E-state index in [0.717, 1.165) is 0 Å². The van der Waals surface area contributed by atoms with Crippen molar-refractivity contribution in [1.29, 1.82) is 0 Å². The molecule has 168 valence electrons. The summed E-state index contributed by atoms with van der Waals surface area (Å²) in [6.07, 6.45) is 0. The number of methoxy groups -OCH3 is 1. The lowest BCUT2D eigenvalue weighted by Gasteiger charge is -2.31. The zero-order chi connectivity index (χ0) is 22.9. The second-order valence-electron chi connectivity index (χ2n) is 7.54. The molecule has 0 saturated carbocycles. The van der Waals surface area contributed by atoms with E-state index in [2.05, 4.69) is 10.2 Å². The molecule has 0 unspecified atom stereocenters. The van der Waals surface area contributed by atoms with E-state index in [1.54, 1.807) is 18.2 Å². The number of rotatable bonds is 5. The summed E-state index contributed by atoms with van der Waals surface area (Å²) in [5, 5.41) is 3.16. The van der Waals surface area contributed by atoms with Crippen LogP contribution in [0.15, 0.2) is 62.6 Å². The summed E-state index contributed by atoms with van der Waals surface area (Å²) < 4.78 is 37.5. The molecule has 9 nitrogen and oxygen atoms in total. The van der Waals surface area contributed by atoms with Crippen LogP contribution in [0.1, 0.15) is 10.4 Å². The lowest BCUT2D eigenvalue weighted by atomic mass is 10.1. The normalized spacial score (nSPS) is 15.6. The minimum Gasteiger partial charge on any atom is -0.497 e. The van der Waals surface area contributed by atoms with Crippen molar-refractivity contribution in [2.45, 2.75) is 4.90 Å². The molecule has 1 N–H and O–H groups in total. The van der Waals surface area contributed by atoms with Gasteiger partial charge in [0.05, 0.1) is 12.0 Å². The van der Waals surface area contributed by atoms with Gasteiger partial charge in [0.15, 0.2) is 0 Å². The van der Waals surface area contributed by atoms with Crippen LogP contribution in [0.25, 0.3) is 11.0 Å². The summed E-state index contributed by atoms with van der Waals surface area (Å²) >= 11 is 0. The first-order valence-electron chi connectivity index (χ1n) is 10.00.